The minimum Gasteiger partial charge on any atom is -0.366 e. The summed E-state index contributed by atoms with van der Waals surface area (Å²) in [6, 6.07) is 21.2. The van der Waals surface area contributed by atoms with Crippen LogP contribution in [0, 0.1) is 0 Å². The molecule has 3 aromatic carbocycles. The molecule has 0 heterocycles. The summed E-state index contributed by atoms with van der Waals surface area (Å²) in [5.41, 5.74) is 7.21. The van der Waals surface area contributed by atoms with Crippen molar-refractivity contribution in [2.75, 3.05) is 18.9 Å². The Morgan fingerprint density at radius 3 is 2.42 bits per heavy atom. The number of nitrogens with zero attached hydrogens (tertiary/aromatic N) is 1. The first kappa shape index (κ1) is 17.6. The number of hydrogen-bond acceptors (Lipinski definition) is 3. The second kappa shape index (κ2) is 7.80. The first-order chi connectivity index (χ1) is 12.5. The lowest BCUT2D eigenvalue weighted by Crippen LogP contribution is -2.30. The molecule has 0 bridgehead atoms. The van der Waals surface area contributed by atoms with E-state index in [2.05, 4.69) is 35.6 Å². The molecule has 3 rings (SSSR count). The summed E-state index contributed by atoms with van der Waals surface area (Å²) in [5.74, 6) is -0.757. The van der Waals surface area contributed by atoms with Gasteiger partial charge in [0.25, 0.3) is 5.91 Å². The quantitative estimate of drug-likeness (QED) is 0.720. The number of nitrogens with one attached hydrogen (secondary N) is 1. The summed E-state index contributed by atoms with van der Waals surface area (Å²) in [4.78, 5) is 25.7. The summed E-state index contributed by atoms with van der Waals surface area (Å²) in [6.45, 7) is 0.857. The maximum atomic E-state index is 12.3. The Morgan fingerprint density at radius 2 is 1.65 bits per heavy atom. The van der Waals surface area contributed by atoms with Crippen molar-refractivity contribution in [3.05, 3.63) is 77.9 Å². The highest BCUT2D eigenvalue weighted by Gasteiger charge is 2.12. The molecule has 132 valence electrons. The molecule has 0 saturated carbocycles. The lowest BCUT2D eigenvalue weighted by atomic mass is 10.1. The van der Waals surface area contributed by atoms with E-state index in [1.54, 1.807) is 24.3 Å². The summed E-state index contributed by atoms with van der Waals surface area (Å²) in [6.07, 6.45) is 0. The number of carbonyl (C=O) groups excluding carboxylic acids is 2. The van der Waals surface area contributed by atoms with Crippen molar-refractivity contribution in [3.8, 4) is 0 Å². The SMILES string of the molecule is CN(CC(=O)Nc1ccccc1C(N)=O)Cc1ccc2ccccc2c1. The molecular weight excluding hydrogens is 326 g/mol. The van der Waals surface area contributed by atoms with Crippen LogP contribution in [0.5, 0.6) is 0 Å². The normalized spacial score (nSPS) is 10.8. The van der Waals surface area contributed by atoms with Crippen LogP contribution in [0.2, 0.25) is 0 Å². The van der Waals surface area contributed by atoms with Gasteiger partial charge in [0, 0.05) is 6.54 Å². The van der Waals surface area contributed by atoms with E-state index in [0.717, 1.165) is 5.56 Å². The van der Waals surface area contributed by atoms with E-state index in [1.165, 1.54) is 10.8 Å². The number of anilines is 1. The van der Waals surface area contributed by atoms with Crippen LogP contribution in [-0.4, -0.2) is 30.3 Å². The fourth-order valence-electron chi connectivity index (χ4n) is 2.95. The van der Waals surface area contributed by atoms with Crippen LogP contribution in [0.25, 0.3) is 10.8 Å². The van der Waals surface area contributed by atoms with E-state index in [0.29, 0.717) is 17.8 Å². The number of primary amides is 1. The topological polar surface area (TPSA) is 75.4 Å². The van der Waals surface area contributed by atoms with Crippen LogP contribution in [0.4, 0.5) is 5.69 Å². The molecule has 26 heavy (non-hydrogen) atoms. The molecule has 0 unspecified atom stereocenters. The van der Waals surface area contributed by atoms with E-state index in [-0.39, 0.29) is 12.5 Å². The van der Waals surface area contributed by atoms with Gasteiger partial charge in [0.15, 0.2) is 0 Å². The molecule has 0 aromatic heterocycles. The van der Waals surface area contributed by atoms with Crippen LogP contribution < -0.4 is 11.1 Å². The molecule has 3 N–H and O–H groups in total. The maximum absolute atomic E-state index is 12.3. The first-order valence-corrected chi connectivity index (χ1v) is 8.38. The minimum atomic E-state index is -0.564. The van der Waals surface area contributed by atoms with Gasteiger partial charge < -0.3 is 11.1 Å². The molecule has 0 aliphatic rings. The van der Waals surface area contributed by atoms with E-state index in [1.807, 2.05) is 24.1 Å². The zero-order valence-corrected chi connectivity index (χ0v) is 14.6. The summed E-state index contributed by atoms with van der Waals surface area (Å²) in [5, 5.41) is 5.13. The van der Waals surface area contributed by atoms with Crippen molar-refractivity contribution in [3.63, 3.8) is 0 Å². The van der Waals surface area contributed by atoms with E-state index < -0.39 is 5.91 Å². The maximum Gasteiger partial charge on any atom is 0.250 e. The fraction of sp³-hybridized carbons (Fsp3) is 0.143. The van der Waals surface area contributed by atoms with Gasteiger partial charge in [-0.25, -0.2) is 0 Å². The van der Waals surface area contributed by atoms with Gasteiger partial charge in [-0.15, -0.1) is 0 Å². The average molecular weight is 347 g/mol. The Balaban J connectivity index is 1.63. The molecule has 0 saturated heterocycles. The molecule has 0 aliphatic heterocycles. The van der Waals surface area contributed by atoms with Crippen molar-refractivity contribution in [2.24, 2.45) is 5.73 Å². The van der Waals surface area contributed by atoms with Gasteiger partial charge in [-0.3, -0.25) is 14.5 Å². The number of rotatable bonds is 6. The molecule has 2 amide bonds. The monoisotopic (exact) mass is 347 g/mol. The van der Waals surface area contributed by atoms with Crippen LogP contribution in [0.1, 0.15) is 15.9 Å². The molecule has 0 atom stereocenters. The number of hydrogen-bond donors (Lipinski definition) is 2. The Hall–Kier alpha value is -3.18. The highest BCUT2D eigenvalue weighted by molar-refractivity contribution is 6.03. The summed E-state index contributed by atoms with van der Waals surface area (Å²) < 4.78 is 0. The molecule has 0 aliphatic carbocycles. The van der Waals surface area contributed by atoms with Gasteiger partial charge in [0.1, 0.15) is 0 Å². The Bertz CT molecular complexity index is 953. The fourth-order valence-corrected chi connectivity index (χ4v) is 2.95. The summed E-state index contributed by atoms with van der Waals surface area (Å²) in [7, 11) is 1.88. The van der Waals surface area contributed by atoms with Gasteiger partial charge in [-0.2, -0.15) is 0 Å². The van der Waals surface area contributed by atoms with E-state index in [4.69, 9.17) is 5.73 Å². The molecule has 0 spiro atoms. The lowest BCUT2D eigenvalue weighted by molar-refractivity contribution is -0.117. The number of fused-ring (bicyclic) bond motifs is 1. The highest BCUT2D eigenvalue weighted by atomic mass is 16.2. The molecule has 3 aromatic rings. The summed E-state index contributed by atoms with van der Waals surface area (Å²) >= 11 is 0. The first-order valence-electron chi connectivity index (χ1n) is 8.38. The molecular formula is C21H21N3O2. The van der Waals surface area contributed by atoms with Crippen molar-refractivity contribution in [2.45, 2.75) is 6.54 Å². The van der Waals surface area contributed by atoms with Gasteiger partial charge in [-0.05, 0) is 41.6 Å². The minimum absolute atomic E-state index is 0.193. The second-order valence-corrected chi connectivity index (χ2v) is 6.31. The second-order valence-electron chi connectivity index (χ2n) is 6.31. The Kier molecular flexibility index (Phi) is 5.29. The average Bonchev–Trinajstić information content (AvgIpc) is 2.61. The standard InChI is InChI=1S/C21H21N3O2/c1-24(13-15-10-11-16-6-2-3-7-17(16)12-15)14-20(25)23-19-9-5-4-8-18(19)21(22)26/h2-12H,13-14H2,1H3,(H2,22,26)(H,23,25). The van der Waals surface area contributed by atoms with Gasteiger partial charge in [0.05, 0.1) is 17.8 Å². The van der Waals surface area contributed by atoms with Crippen molar-refractivity contribution >= 4 is 28.3 Å². The van der Waals surface area contributed by atoms with Gasteiger partial charge >= 0.3 is 0 Å². The molecule has 0 radical (unpaired) electrons. The third kappa shape index (κ3) is 4.26. The lowest BCUT2D eigenvalue weighted by Gasteiger charge is -2.17. The smallest absolute Gasteiger partial charge is 0.250 e. The third-order valence-corrected chi connectivity index (χ3v) is 4.15. The Labute approximate surface area is 152 Å². The molecule has 0 fully saturated rings. The van der Waals surface area contributed by atoms with Crippen molar-refractivity contribution in [1.29, 1.82) is 0 Å². The van der Waals surface area contributed by atoms with Gasteiger partial charge in [0.2, 0.25) is 5.91 Å². The zero-order chi connectivity index (χ0) is 18.5. The van der Waals surface area contributed by atoms with Crippen LogP contribution in [0.15, 0.2) is 66.7 Å². The predicted molar refractivity (Wildman–Crippen MR) is 104 cm³/mol. The number of para-hydroxylation sites is 1. The van der Waals surface area contributed by atoms with Gasteiger partial charge in [-0.1, -0.05) is 48.5 Å². The van der Waals surface area contributed by atoms with Crippen molar-refractivity contribution in [1.82, 2.24) is 4.90 Å². The number of nitrogens with two attached hydrogens (primary N) is 1. The number of carbonyl (C=O) groups is 2. The highest BCUT2D eigenvalue weighted by Crippen LogP contribution is 2.17. The van der Waals surface area contributed by atoms with Crippen LogP contribution in [0.3, 0.4) is 0 Å². The Morgan fingerprint density at radius 1 is 0.962 bits per heavy atom. The predicted octanol–water partition coefficient (Wildman–Crippen LogP) is 3.01. The molecule has 5 heteroatoms. The van der Waals surface area contributed by atoms with Crippen molar-refractivity contribution < 1.29 is 9.59 Å². The number of likely N-dealkylation sites (N-methyl/N-ethyl adjacent to an activating group) is 1. The third-order valence-electron chi connectivity index (χ3n) is 4.15. The van der Waals surface area contributed by atoms with E-state index in [9.17, 15) is 9.59 Å². The zero-order valence-electron chi connectivity index (χ0n) is 14.6. The van der Waals surface area contributed by atoms with E-state index >= 15 is 0 Å². The van der Waals surface area contributed by atoms with Crippen LogP contribution >= 0.6 is 0 Å². The van der Waals surface area contributed by atoms with Crippen LogP contribution in [-0.2, 0) is 11.3 Å². The largest absolute Gasteiger partial charge is 0.366 e. The number of benzene rings is 3. The molecule has 5 nitrogen and oxygen atoms in total. The number of amides is 2.